The Bertz CT molecular complexity index is 566. The maximum Gasteiger partial charge on any atom is 0.145 e. The molecule has 0 saturated carbocycles. The lowest BCUT2D eigenvalue weighted by molar-refractivity contribution is 0.938. The summed E-state index contributed by atoms with van der Waals surface area (Å²) in [7, 11) is 0. The van der Waals surface area contributed by atoms with Crippen LogP contribution in [0.15, 0.2) is 47.6 Å². The van der Waals surface area contributed by atoms with Crippen LogP contribution in [0.25, 0.3) is 5.69 Å². The molecule has 0 spiro atoms. The van der Waals surface area contributed by atoms with Crippen LogP contribution in [0.5, 0.6) is 0 Å². The lowest BCUT2D eigenvalue weighted by Crippen LogP contribution is -2.25. The number of aliphatic imine (C=N–C) groups is 1. The van der Waals surface area contributed by atoms with Gasteiger partial charge in [0.15, 0.2) is 0 Å². The molecule has 3 nitrogen and oxygen atoms in total. The lowest BCUT2D eigenvalue weighted by Gasteiger charge is -2.10. The van der Waals surface area contributed by atoms with E-state index in [4.69, 9.17) is 0 Å². The van der Waals surface area contributed by atoms with Crippen molar-refractivity contribution >= 4 is 5.84 Å². The van der Waals surface area contributed by atoms with Crippen molar-refractivity contribution in [3.8, 4) is 5.69 Å². The average molecular weight is 225 g/mol. The topological polar surface area (TPSA) is 29.3 Å². The number of para-hydroxylation sites is 1. The summed E-state index contributed by atoms with van der Waals surface area (Å²) < 4.78 is 2.20. The minimum absolute atomic E-state index is 0.736. The molecule has 0 atom stereocenters. The molecule has 3 rings (SSSR count). The third-order valence-corrected chi connectivity index (χ3v) is 2.99. The second-order valence-corrected chi connectivity index (χ2v) is 4.09. The number of amidine groups is 1. The number of hydrogen-bond acceptors (Lipinski definition) is 2. The molecule has 0 bridgehead atoms. The van der Waals surface area contributed by atoms with E-state index in [9.17, 15) is 0 Å². The molecule has 0 unspecified atom stereocenters. The van der Waals surface area contributed by atoms with Crippen molar-refractivity contribution in [1.29, 1.82) is 0 Å². The van der Waals surface area contributed by atoms with E-state index in [0.29, 0.717) is 0 Å². The van der Waals surface area contributed by atoms with Crippen LogP contribution >= 0.6 is 0 Å². The molecular weight excluding hydrogens is 210 g/mol. The molecule has 0 fully saturated rings. The molecule has 17 heavy (non-hydrogen) atoms. The van der Waals surface area contributed by atoms with Crippen LogP contribution in [0.2, 0.25) is 0 Å². The zero-order chi connectivity index (χ0) is 11.7. The summed E-state index contributed by atoms with van der Waals surface area (Å²) in [4.78, 5) is 4.65. The number of hydrogen-bond donors (Lipinski definition) is 1. The molecule has 0 saturated heterocycles. The van der Waals surface area contributed by atoms with Crippen molar-refractivity contribution in [2.45, 2.75) is 13.5 Å². The lowest BCUT2D eigenvalue weighted by atomic mass is 10.2. The third kappa shape index (κ3) is 1.64. The van der Waals surface area contributed by atoms with Gasteiger partial charge in [-0.05, 0) is 30.7 Å². The van der Waals surface area contributed by atoms with E-state index in [1.54, 1.807) is 0 Å². The quantitative estimate of drug-likeness (QED) is 0.793. The second-order valence-electron chi connectivity index (χ2n) is 4.09. The summed E-state index contributed by atoms with van der Waals surface area (Å²) in [6.07, 6.45) is 2.09. The van der Waals surface area contributed by atoms with E-state index < -0.39 is 0 Å². The molecule has 3 heteroatoms. The number of aromatic nitrogens is 1. The first-order valence-corrected chi connectivity index (χ1v) is 5.94. The number of nitrogens with zero attached hydrogens (tertiary/aromatic N) is 2. The van der Waals surface area contributed by atoms with Crippen molar-refractivity contribution in [2.24, 2.45) is 4.99 Å². The predicted molar refractivity (Wildman–Crippen MR) is 69.7 cm³/mol. The number of benzene rings is 1. The molecule has 1 aromatic carbocycles. The number of rotatable bonds is 1. The smallest absolute Gasteiger partial charge is 0.145 e. The van der Waals surface area contributed by atoms with E-state index >= 15 is 0 Å². The summed E-state index contributed by atoms with van der Waals surface area (Å²) in [6.45, 7) is 3.72. The van der Waals surface area contributed by atoms with Gasteiger partial charge in [-0.2, -0.15) is 0 Å². The van der Waals surface area contributed by atoms with Gasteiger partial charge in [0.25, 0.3) is 0 Å². The van der Waals surface area contributed by atoms with Gasteiger partial charge in [-0.15, -0.1) is 0 Å². The van der Waals surface area contributed by atoms with Crippen LogP contribution in [0.1, 0.15) is 18.2 Å². The Labute approximate surface area is 101 Å². The van der Waals surface area contributed by atoms with E-state index in [1.807, 2.05) is 0 Å². The molecular formula is C14H15N3. The SMILES string of the molecule is CCNC1=NCc2ccccc2-n2cccc21. The van der Waals surface area contributed by atoms with Gasteiger partial charge in [-0.25, -0.2) is 0 Å². The van der Waals surface area contributed by atoms with Gasteiger partial charge in [0.2, 0.25) is 0 Å². The Hall–Kier alpha value is -2.03. The first-order valence-electron chi connectivity index (χ1n) is 5.94. The normalized spacial score (nSPS) is 13.4. The van der Waals surface area contributed by atoms with Crippen LogP contribution in [-0.2, 0) is 6.54 Å². The average Bonchev–Trinajstić information content (AvgIpc) is 2.79. The Morgan fingerprint density at radius 2 is 2.12 bits per heavy atom. The zero-order valence-electron chi connectivity index (χ0n) is 9.85. The molecule has 1 aliphatic rings. The first kappa shape index (κ1) is 10.1. The molecule has 0 amide bonds. The minimum atomic E-state index is 0.736. The Morgan fingerprint density at radius 3 is 3.00 bits per heavy atom. The largest absolute Gasteiger partial charge is 0.369 e. The van der Waals surface area contributed by atoms with Crippen molar-refractivity contribution in [1.82, 2.24) is 9.88 Å². The molecule has 86 valence electrons. The Morgan fingerprint density at radius 1 is 1.24 bits per heavy atom. The van der Waals surface area contributed by atoms with E-state index in [2.05, 4.69) is 64.4 Å². The minimum Gasteiger partial charge on any atom is -0.369 e. The Kier molecular flexibility index (Phi) is 2.44. The highest BCUT2D eigenvalue weighted by Crippen LogP contribution is 2.21. The molecule has 2 aromatic rings. The monoisotopic (exact) mass is 225 g/mol. The Balaban J connectivity index is 2.18. The third-order valence-electron chi connectivity index (χ3n) is 2.99. The van der Waals surface area contributed by atoms with Crippen molar-refractivity contribution in [3.05, 3.63) is 53.9 Å². The van der Waals surface area contributed by atoms with Crippen LogP contribution in [0.4, 0.5) is 0 Å². The number of fused-ring (bicyclic) bond motifs is 3. The summed E-state index contributed by atoms with van der Waals surface area (Å²) >= 11 is 0. The first-order chi connectivity index (χ1) is 8.40. The zero-order valence-corrected chi connectivity index (χ0v) is 9.85. The molecule has 1 aromatic heterocycles. The van der Waals surface area contributed by atoms with Crippen LogP contribution < -0.4 is 5.32 Å². The summed E-state index contributed by atoms with van der Waals surface area (Å²) in [6, 6.07) is 12.6. The van der Waals surface area contributed by atoms with Gasteiger partial charge in [0, 0.05) is 12.7 Å². The summed E-state index contributed by atoms with van der Waals surface area (Å²) in [5.41, 5.74) is 3.62. The predicted octanol–water partition coefficient (Wildman–Crippen LogP) is 2.35. The van der Waals surface area contributed by atoms with Gasteiger partial charge in [0.05, 0.1) is 17.9 Å². The second kappa shape index (κ2) is 4.09. The van der Waals surface area contributed by atoms with Crippen LogP contribution in [-0.4, -0.2) is 16.9 Å². The van der Waals surface area contributed by atoms with Gasteiger partial charge in [0.1, 0.15) is 5.84 Å². The highest BCUT2D eigenvalue weighted by Gasteiger charge is 2.15. The van der Waals surface area contributed by atoms with Gasteiger partial charge < -0.3 is 9.88 Å². The number of nitrogens with one attached hydrogen (secondary N) is 1. The summed E-state index contributed by atoms with van der Waals surface area (Å²) in [5, 5.41) is 3.33. The fraction of sp³-hybridized carbons (Fsp3) is 0.214. The van der Waals surface area contributed by atoms with Gasteiger partial charge >= 0.3 is 0 Å². The highest BCUT2D eigenvalue weighted by atomic mass is 15.1. The van der Waals surface area contributed by atoms with E-state index in [1.165, 1.54) is 11.3 Å². The van der Waals surface area contributed by atoms with Crippen molar-refractivity contribution in [2.75, 3.05) is 6.54 Å². The van der Waals surface area contributed by atoms with Gasteiger partial charge in [-0.1, -0.05) is 18.2 Å². The molecule has 0 aliphatic carbocycles. The molecule has 1 aliphatic heterocycles. The molecule has 0 radical (unpaired) electrons. The fourth-order valence-electron chi connectivity index (χ4n) is 2.22. The van der Waals surface area contributed by atoms with Crippen molar-refractivity contribution in [3.63, 3.8) is 0 Å². The van der Waals surface area contributed by atoms with Gasteiger partial charge in [-0.3, -0.25) is 4.99 Å². The summed E-state index contributed by atoms with van der Waals surface area (Å²) in [5.74, 6) is 0.980. The standard InChI is InChI=1S/C14H15N3/c1-2-15-14-13-8-5-9-17(13)12-7-4-3-6-11(12)10-16-14/h3-9H,2,10H2,1H3,(H,15,16). The maximum atomic E-state index is 4.65. The van der Waals surface area contributed by atoms with E-state index in [0.717, 1.165) is 24.6 Å². The molecule has 2 heterocycles. The fourth-order valence-corrected chi connectivity index (χ4v) is 2.22. The molecule has 1 N–H and O–H groups in total. The van der Waals surface area contributed by atoms with Crippen LogP contribution in [0, 0.1) is 0 Å². The van der Waals surface area contributed by atoms with E-state index in [-0.39, 0.29) is 0 Å². The highest BCUT2D eigenvalue weighted by molar-refractivity contribution is 5.98. The van der Waals surface area contributed by atoms with Crippen molar-refractivity contribution < 1.29 is 0 Å². The van der Waals surface area contributed by atoms with Crippen LogP contribution in [0.3, 0.4) is 0 Å². The maximum absolute atomic E-state index is 4.65.